The summed E-state index contributed by atoms with van der Waals surface area (Å²) in [7, 11) is 0. The van der Waals surface area contributed by atoms with Gasteiger partial charge in [-0.15, -0.1) is 21.5 Å². The van der Waals surface area contributed by atoms with Crippen LogP contribution in [-0.2, 0) is 33.9 Å². The highest BCUT2D eigenvalue weighted by atomic mass is 32.1. The SMILES string of the molecule is CCOCc1nnc(N2CC(C(=O)N3CCc4sccc4C3)CC2=O)s1. The molecule has 0 saturated carbocycles. The van der Waals surface area contributed by atoms with E-state index in [2.05, 4.69) is 21.6 Å². The molecule has 2 aliphatic rings. The molecule has 1 atom stereocenters. The van der Waals surface area contributed by atoms with Gasteiger partial charge in [0, 0.05) is 37.5 Å². The normalized spacial score (nSPS) is 19.9. The largest absolute Gasteiger partial charge is 0.374 e. The Morgan fingerprint density at radius 1 is 1.42 bits per heavy atom. The molecular weight excluding hydrogens is 372 g/mol. The molecule has 1 unspecified atom stereocenters. The predicted octanol–water partition coefficient (Wildman–Crippen LogP) is 2.07. The van der Waals surface area contributed by atoms with Crippen molar-refractivity contribution >= 4 is 39.6 Å². The Hall–Kier alpha value is -1.84. The van der Waals surface area contributed by atoms with Gasteiger partial charge in [0.1, 0.15) is 11.6 Å². The van der Waals surface area contributed by atoms with E-state index in [1.165, 1.54) is 21.8 Å². The van der Waals surface area contributed by atoms with Gasteiger partial charge in [-0.2, -0.15) is 0 Å². The summed E-state index contributed by atoms with van der Waals surface area (Å²) in [5, 5.41) is 11.5. The minimum atomic E-state index is -0.304. The van der Waals surface area contributed by atoms with Crippen molar-refractivity contribution in [3.05, 3.63) is 26.9 Å². The second-order valence-corrected chi connectivity index (χ2v) is 8.44. The van der Waals surface area contributed by atoms with Crippen molar-refractivity contribution in [2.45, 2.75) is 32.9 Å². The number of aromatic nitrogens is 2. The van der Waals surface area contributed by atoms with Crippen molar-refractivity contribution < 1.29 is 14.3 Å². The van der Waals surface area contributed by atoms with E-state index in [4.69, 9.17) is 4.74 Å². The van der Waals surface area contributed by atoms with Gasteiger partial charge < -0.3 is 9.64 Å². The van der Waals surface area contributed by atoms with Crippen molar-refractivity contribution in [2.24, 2.45) is 5.92 Å². The molecule has 0 aliphatic carbocycles. The first-order valence-corrected chi connectivity index (χ1v) is 10.4. The first-order valence-electron chi connectivity index (χ1n) is 8.70. The molecule has 9 heteroatoms. The van der Waals surface area contributed by atoms with Crippen LogP contribution in [0.15, 0.2) is 11.4 Å². The maximum atomic E-state index is 12.9. The molecular formula is C17H20N4O3S2. The average Bonchev–Trinajstić information content (AvgIpc) is 3.37. The number of anilines is 1. The Bertz CT molecular complexity index is 819. The number of hydrogen-bond donors (Lipinski definition) is 0. The van der Waals surface area contributed by atoms with Crippen LogP contribution in [-0.4, -0.2) is 46.6 Å². The average molecular weight is 393 g/mol. The highest BCUT2D eigenvalue weighted by Gasteiger charge is 2.39. The van der Waals surface area contributed by atoms with Crippen molar-refractivity contribution in [2.75, 3.05) is 24.6 Å². The maximum absolute atomic E-state index is 12.9. The van der Waals surface area contributed by atoms with Gasteiger partial charge in [-0.3, -0.25) is 14.5 Å². The van der Waals surface area contributed by atoms with Crippen LogP contribution in [0.25, 0.3) is 0 Å². The zero-order valence-corrected chi connectivity index (χ0v) is 16.1. The van der Waals surface area contributed by atoms with Gasteiger partial charge >= 0.3 is 0 Å². The number of amides is 2. The van der Waals surface area contributed by atoms with E-state index in [0.717, 1.165) is 18.0 Å². The second-order valence-electron chi connectivity index (χ2n) is 6.40. The Kier molecular flexibility index (Phi) is 5.01. The van der Waals surface area contributed by atoms with Gasteiger partial charge in [-0.05, 0) is 30.4 Å². The number of carbonyl (C=O) groups excluding carboxylic acids is 2. The van der Waals surface area contributed by atoms with Crippen LogP contribution in [0.5, 0.6) is 0 Å². The monoisotopic (exact) mass is 392 g/mol. The molecule has 0 N–H and O–H groups in total. The van der Waals surface area contributed by atoms with Gasteiger partial charge in [-0.1, -0.05) is 11.3 Å². The third-order valence-corrected chi connectivity index (χ3v) is 6.65. The Morgan fingerprint density at radius 3 is 3.15 bits per heavy atom. The van der Waals surface area contributed by atoms with E-state index in [-0.39, 0.29) is 24.2 Å². The van der Waals surface area contributed by atoms with Crippen molar-refractivity contribution in [1.29, 1.82) is 0 Å². The molecule has 0 radical (unpaired) electrons. The summed E-state index contributed by atoms with van der Waals surface area (Å²) in [4.78, 5) is 30.2. The van der Waals surface area contributed by atoms with E-state index < -0.39 is 0 Å². The number of rotatable bonds is 5. The number of nitrogens with zero attached hydrogens (tertiary/aromatic N) is 4. The van der Waals surface area contributed by atoms with Crippen LogP contribution < -0.4 is 4.90 Å². The van der Waals surface area contributed by atoms with Crippen LogP contribution in [0, 0.1) is 5.92 Å². The van der Waals surface area contributed by atoms with Crippen LogP contribution in [0.1, 0.15) is 28.8 Å². The molecule has 0 aromatic carbocycles. The Morgan fingerprint density at radius 2 is 2.31 bits per heavy atom. The molecule has 0 spiro atoms. The number of ether oxygens (including phenoxy) is 1. The summed E-state index contributed by atoms with van der Waals surface area (Å²) >= 11 is 3.10. The van der Waals surface area contributed by atoms with Gasteiger partial charge in [0.05, 0.1) is 5.92 Å². The highest BCUT2D eigenvalue weighted by Crippen LogP contribution is 2.31. The lowest BCUT2D eigenvalue weighted by atomic mass is 10.0. The molecule has 7 nitrogen and oxygen atoms in total. The molecule has 0 bridgehead atoms. The molecule has 2 aromatic rings. The number of carbonyl (C=O) groups is 2. The van der Waals surface area contributed by atoms with Gasteiger partial charge in [0.2, 0.25) is 16.9 Å². The third kappa shape index (κ3) is 3.38. The second kappa shape index (κ2) is 7.42. The molecule has 2 aromatic heterocycles. The van der Waals surface area contributed by atoms with Gasteiger partial charge in [0.25, 0.3) is 0 Å². The predicted molar refractivity (Wildman–Crippen MR) is 99.1 cm³/mol. The third-order valence-electron chi connectivity index (χ3n) is 4.71. The molecule has 4 heterocycles. The molecule has 1 saturated heterocycles. The van der Waals surface area contributed by atoms with Crippen LogP contribution in [0.4, 0.5) is 5.13 Å². The van der Waals surface area contributed by atoms with Crippen LogP contribution >= 0.6 is 22.7 Å². The van der Waals surface area contributed by atoms with Crippen LogP contribution in [0.2, 0.25) is 0 Å². The highest BCUT2D eigenvalue weighted by molar-refractivity contribution is 7.15. The fraction of sp³-hybridized carbons (Fsp3) is 0.529. The zero-order valence-electron chi connectivity index (χ0n) is 14.5. The van der Waals surface area contributed by atoms with Gasteiger partial charge in [-0.25, -0.2) is 0 Å². The molecule has 2 aliphatic heterocycles. The summed E-state index contributed by atoms with van der Waals surface area (Å²) in [6, 6.07) is 2.09. The van der Waals surface area contributed by atoms with Crippen molar-refractivity contribution in [3.63, 3.8) is 0 Å². The number of fused-ring (bicyclic) bond motifs is 1. The molecule has 138 valence electrons. The van der Waals surface area contributed by atoms with E-state index in [1.807, 2.05) is 11.8 Å². The van der Waals surface area contributed by atoms with E-state index in [1.54, 1.807) is 16.2 Å². The van der Waals surface area contributed by atoms with Crippen LogP contribution in [0.3, 0.4) is 0 Å². The van der Waals surface area contributed by atoms with E-state index in [0.29, 0.717) is 31.4 Å². The quantitative estimate of drug-likeness (QED) is 0.779. The summed E-state index contributed by atoms with van der Waals surface area (Å²) < 4.78 is 5.33. The first kappa shape index (κ1) is 17.6. The topological polar surface area (TPSA) is 75.6 Å². The fourth-order valence-electron chi connectivity index (χ4n) is 3.35. The number of hydrogen-bond acceptors (Lipinski definition) is 7. The minimum Gasteiger partial charge on any atom is -0.374 e. The Labute approximate surface area is 159 Å². The maximum Gasteiger partial charge on any atom is 0.229 e. The first-order chi connectivity index (χ1) is 12.7. The molecule has 4 rings (SSSR count). The summed E-state index contributed by atoms with van der Waals surface area (Å²) in [5.41, 5.74) is 1.24. The lowest BCUT2D eigenvalue weighted by molar-refractivity contribution is -0.136. The van der Waals surface area contributed by atoms with E-state index in [9.17, 15) is 9.59 Å². The summed E-state index contributed by atoms with van der Waals surface area (Å²) in [6.07, 6.45) is 1.15. The standard InChI is InChI=1S/C17H20N4O3S2/c1-2-24-10-14-18-19-17(26-14)21-9-12(7-15(21)22)16(23)20-5-3-13-11(8-20)4-6-25-13/h4,6,12H,2-3,5,7-10H2,1H3. The Balaban J connectivity index is 1.41. The van der Waals surface area contributed by atoms with Gasteiger partial charge in [0.15, 0.2) is 0 Å². The smallest absolute Gasteiger partial charge is 0.229 e. The van der Waals surface area contributed by atoms with Crippen molar-refractivity contribution in [1.82, 2.24) is 15.1 Å². The number of thiophene rings is 1. The summed E-state index contributed by atoms with van der Waals surface area (Å²) in [5.74, 6) is -0.297. The lowest BCUT2D eigenvalue weighted by Crippen LogP contribution is -2.40. The molecule has 26 heavy (non-hydrogen) atoms. The summed E-state index contributed by atoms with van der Waals surface area (Å²) in [6.45, 7) is 4.69. The fourth-order valence-corrected chi connectivity index (χ4v) is 5.05. The van der Waals surface area contributed by atoms with Crippen molar-refractivity contribution in [3.8, 4) is 0 Å². The lowest BCUT2D eigenvalue weighted by Gasteiger charge is -2.29. The van der Waals surface area contributed by atoms with E-state index >= 15 is 0 Å². The minimum absolute atomic E-state index is 0.0595. The zero-order chi connectivity index (χ0) is 18.1. The molecule has 1 fully saturated rings. The molecule has 2 amide bonds.